The number of carbonyl (C=O) groups is 2. The number of aliphatic hydroxyl groups excluding tert-OH is 1. The van der Waals surface area contributed by atoms with Gasteiger partial charge < -0.3 is 24.1 Å². The van der Waals surface area contributed by atoms with Crippen LogP contribution in [0.15, 0.2) is 60.2 Å². The topological polar surface area (TPSA) is 107 Å². The number of ketones is 1. The standard InChI is InChI=1S/C28H23ClN2O7S/c1-35-17-9-10-18-21(13-17)39-28(30-18)31-23(15-11-19(36-2)26(38-4)20(12-15)37-3)22(25(33)27(31)34)24(32)14-5-7-16(29)8-6-14/h5-13,23,32H,1-4H3/t23-/m0/s1. The second kappa shape index (κ2) is 10.5. The van der Waals surface area contributed by atoms with E-state index in [-0.39, 0.29) is 16.5 Å². The summed E-state index contributed by atoms with van der Waals surface area (Å²) in [7, 11) is 5.96. The molecule has 1 N–H and O–H groups in total. The molecule has 11 heteroatoms. The van der Waals surface area contributed by atoms with Crippen molar-refractivity contribution in [2.24, 2.45) is 0 Å². The van der Waals surface area contributed by atoms with Gasteiger partial charge in [-0.1, -0.05) is 22.9 Å². The van der Waals surface area contributed by atoms with E-state index in [4.69, 9.17) is 30.5 Å². The Morgan fingerprint density at radius 3 is 2.18 bits per heavy atom. The molecule has 3 aromatic carbocycles. The Labute approximate surface area is 232 Å². The number of nitrogens with zero attached hydrogens (tertiary/aromatic N) is 2. The lowest BCUT2D eigenvalue weighted by Gasteiger charge is -2.24. The second-order valence-electron chi connectivity index (χ2n) is 8.46. The maximum Gasteiger partial charge on any atom is 0.301 e. The third kappa shape index (κ3) is 4.51. The van der Waals surface area contributed by atoms with E-state index in [1.165, 1.54) is 37.6 Å². The number of hydrogen-bond acceptors (Lipinski definition) is 9. The maximum absolute atomic E-state index is 13.6. The molecule has 0 unspecified atom stereocenters. The Morgan fingerprint density at radius 1 is 0.923 bits per heavy atom. The van der Waals surface area contributed by atoms with Gasteiger partial charge in [-0.25, -0.2) is 4.98 Å². The van der Waals surface area contributed by atoms with Crippen LogP contribution in [-0.2, 0) is 9.59 Å². The van der Waals surface area contributed by atoms with Crippen LogP contribution in [0.3, 0.4) is 0 Å². The Morgan fingerprint density at radius 2 is 1.59 bits per heavy atom. The van der Waals surface area contributed by atoms with Gasteiger partial charge in [0.2, 0.25) is 5.75 Å². The van der Waals surface area contributed by atoms with Gasteiger partial charge in [0.1, 0.15) is 11.5 Å². The van der Waals surface area contributed by atoms with Gasteiger partial charge in [0.05, 0.1) is 50.3 Å². The van der Waals surface area contributed by atoms with Crippen LogP contribution in [0.25, 0.3) is 16.0 Å². The van der Waals surface area contributed by atoms with Crippen LogP contribution in [0.1, 0.15) is 17.2 Å². The Hall–Kier alpha value is -4.28. The Bertz CT molecular complexity index is 1610. The number of rotatable bonds is 7. The summed E-state index contributed by atoms with van der Waals surface area (Å²) < 4.78 is 22.6. The third-order valence-corrected chi connectivity index (χ3v) is 7.62. The van der Waals surface area contributed by atoms with Crippen molar-refractivity contribution in [1.29, 1.82) is 0 Å². The van der Waals surface area contributed by atoms with Crippen LogP contribution in [0.5, 0.6) is 23.0 Å². The molecule has 0 bridgehead atoms. The normalized spacial score (nSPS) is 16.5. The van der Waals surface area contributed by atoms with Crippen molar-refractivity contribution in [2.75, 3.05) is 33.3 Å². The Balaban J connectivity index is 1.77. The molecule has 0 saturated carbocycles. The molecule has 1 saturated heterocycles. The number of methoxy groups -OCH3 is 4. The maximum atomic E-state index is 13.6. The van der Waals surface area contributed by atoms with Crippen molar-refractivity contribution in [3.05, 3.63) is 76.3 Å². The number of aliphatic hydroxyl groups is 1. The van der Waals surface area contributed by atoms with Crippen LogP contribution in [0.2, 0.25) is 5.02 Å². The number of ether oxygens (including phenoxy) is 4. The number of aromatic nitrogens is 1. The molecule has 1 aliphatic rings. The summed E-state index contributed by atoms with van der Waals surface area (Å²) >= 11 is 7.25. The number of fused-ring (bicyclic) bond motifs is 1. The molecule has 1 aliphatic heterocycles. The van der Waals surface area contributed by atoms with E-state index < -0.39 is 17.7 Å². The van der Waals surface area contributed by atoms with Crippen molar-refractivity contribution in [3.8, 4) is 23.0 Å². The zero-order chi connectivity index (χ0) is 27.8. The molecular weight excluding hydrogens is 544 g/mol. The van der Waals surface area contributed by atoms with Crippen molar-refractivity contribution in [2.45, 2.75) is 6.04 Å². The molecule has 1 amide bonds. The van der Waals surface area contributed by atoms with E-state index >= 15 is 0 Å². The van der Waals surface area contributed by atoms with Gasteiger partial charge >= 0.3 is 5.91 Å². The van der Waals surface area contributed by atoms with E-state index in [1.807, 2.05) is 0 Å². The van der Waals surface area contributed by atoms with Crippen molar-refractivity contribution >= 4 is 55.7 Å². The second-order valence-corrected chi connectivity index (χ2v) is 9.91. The summed E-state index contributed by atoms with van der Waals surface area (Å²) in [6.45, 7) is 0. The number of Topliss-reactive ketones (excluding diaryl/α,β-unsaturated/α-hetero) is 1. The van der Waals surface area contributed by atoms with Crippen molar-refractivity contribution in [1.82, 2.24) is 4.98 Å². The molecule has 9 nitrogen and oxygen atoms in total. The summed E-state index contributed by atoms with van der Waals surface area (Å²) in [4.78, 5) is 33.0. The molecule has 39 heavy (non-hydrogen) atoms. The quantitative estimate of drug-likeness (QED) is 0.175. The molecule has 200 valence electrons. The first-order chi connectivity index (χ1) is 18.8. The average Bonchev–Trinajstić information content (AvgIpc) is 3.49. The molecule has 0 radical (unpaired) electrons. The van der Waals surface area contributed by atoms with Gasteiger partial charge in [-0.05, 0) is 60.2 Å². The summed E-state index contributed by atoms with van der Waals surface area (Å²) in [5.41, 5.74) is 1.27. The van der Waals surface area contributed by atoms with E-state index in [9.17, 15) is 14.7 Å². The molecule has 4 aromatic rings. The molecule has 0 spiro atoms. The highest BCUT2D eigenvalue weighted by atomic mass is 35.5. The van der Waals surface area contributed by atoms with Gasteiger partial charge in [0.25, 0.3) is 5.78 Å². The van der Waals surface area contributed by atoms with Crippen LogP contribution in [0, 0.1) is 0 Å². The van der Waals surface area contributed by atoms with Crippen LogP contribution in [0.4, 0.5) is 5.13 Å². The van der Waals surface area contributed by atoms with Gasteiger partial charge in [-0.2, -0.15) is 0 Å². The fraction of sp³-hybridized carbons (Fsp3) is 0.179. The molecule has 0 aliphatic carbocycles. The molecule has 1 atom stereocenters. The number of halogens is 1. The molecule has 5 rings (SSSR count). The third-order valence-electron chi connectivity index (χ3n) is 6.36. The Kier molecular flexibility index (Phi) is 7.07. The van der Waals surface area contributed by atoms with E-state index in [0.717, 1.165) is 4.70 Å². The van der Waals surface area contributed by atoms with Crippen LogP contribution < -0.4 is 23.8 Å². The molecule has 2 heterocycles. The van der Waals surface area contributed by atoms with Crippen molar-refractivity contribution < 1.29 is 33.6 Å². The van der Waals surface area contributed by atoms with E-state index in [2.05, 4.69) is 4.98 Å². The summed E-state index contributed by atoms with van der Waals surface area (Å²) in [6.07, 6.45) is 0. The van der Waals surface area contributed by atoms with Gasteiger partial charge in [-0.3, -0.25) is 14.5 Å². The first kappa shape index (κ1) is 26.3. The average molecular weight is 567 g/mol. The number of thiazole rings is 1. The van der Waals surface area contributed by atoms with Crippen LogP contribution in [-0.4, -0.2) is 50.2 Å². The van der Waals surface area contributed by atoms with E-state index in [0.29, 0.717) is 44.7 Å². The number of hydrogen-bond donors (Lipinski definition) is 1. The SMILES string of the molecule is COc1ccc2nc(N3C(=O)C(=O)C(=C(O)c4ccc(Cl)cc4)[C@@H]3c3cc(OC)c(OC)c(OC)c3)sc2c1. The zero-order valence-corrected chi connectivity index (χ0v) is 22.9. The lowest BCUT2D eigenvalue weighted by Crippen LogP contribution is -2.29. The minimum absolute atomic E-state index is 0.117. The highest BCUT2D eigenvalue weighted by Gasteiger charge is 2.48. The molecule has 1 aromatic heterocycles. The predicted molar refractivity (Wildman–Crippen MR) is 149 cm³/mol. The fourth-order valence-corrected chi connectivity index (χ4v) is 5.64. The predicted octanol–water partition coefficient (Wildman–Crippen LogP) is 5.61. The highest BCUT2D eigenvalue weighted by molar-refractivity contribution is 7.22. The van der Waals surface area contributed by atoms with Crippen molar-refractivity contribution in [3.63, 3.8) is 0 Å². The minimum atomic E-state index is -1.06. The smallest absolute Gasteiger partial charge is 0.301 e. The monoisotopic (exact) mass is 566 g/mol. The van der Waals surface area contributed by atoms with Crippen LogP contribution >= 0.6 is 22.9 Å². The van der Waals surface area contributed by atoms with Gasteiger partial charge in [0, 0.05) is 10.6 Å². The lowest BCUT2D eigenvalue weighted by atomic mass is 9.95. The number of benzene rings is 3. The largest absolute Gasteiger partial charge is 0.507 e. The zero-order valence-electron chi connectivity index (χ0n) is 21.4. The highest BCUT2D eigenvalue weighted by Crippen LogP contribution is 2.48. The first-order valence-electron chi connectivity index (χ1n) is 11.6. The first-order valence-corrected chi connectivity index (χ1v) is 12.8. The number of anilines is 1. The lowest BCUT2D eigenvalue weighted by molar-refractivity contribution is -0.132. The van der Waals surface area contributed by atoms with Gasteiger partial charge in [0.15, 0.2) is 16.6 Å². The van der Waals surface area contributed by atoms with E-state index in [1.54, 1.807) is 61.7 Å². The fourth-order valence-electron chi connectivity index (χ4n) is 4.49. The summed E-state index contributed by atoms with van der Waals surface area (Å²) in [5, 5.41) is 12.1. The minimum Gasteiger partial charge on any atom is -0.507 e. The van der Waals surface area contributed by atoms with Gasteiger partial charge in [-0.15, -0.1) is 0 Å². The number of carbonyl (C=O) groups excluding carboxylic acids is 2. The number of amides is 1. The summed E-state index contributed by atoms with van der Waals surface area (Å²) in [6, 6.07) is 13.9. The summed E-state index contributed by atoms with van der Waals surface area (Å²) in [5.74, 6) is -0.451. The molecular formula is C28H23ClN2O7S. The molecule has 1 fully saturated rings.